The van der Waals surface area contributed by atoms with Crippen LogP contribution in [0.3, 0.4) is 0 Å². The molecule has 0 aliphatic rings. The van der Waals surface area contributed by atoms with Gasteiger partial charge in [-0.05, 0) is 55.2 Å². The summed E-state index contributed by atoms with van der Waals surface area (Å²) in [4.78, 5) is 29.8. The fraction of sp³-hybridized carbons (Fsp3) is 0.278. The van der Waals surface area contributed by atoms with Gasteiger partial charge in [-0.25, -0.2) is 8.42 Å². The maximum atomic E-state index is 14.4. The molecule has 8 heteroatoms. The van der Waals surface area contributed by atoms with Crippen molar-refractivity contribution in [2.24, 2.45) is 5.92 Å². The number of anilines is 1. The van der Waals surface area contributed by atoms with Gasteiger partial charge in [-0.15, -0.1) is 0 Å². The van der Waals surface area contributed by atoms with Gasteiger partial charge >= 0.3 is 0 Å². The number of rotatable bonds is 13. The van der Waals surface area contributed by atoms with Gasteiger partial charge in [0.05, 0.1) is 10.6 Å². The molecule has 0 saturated heterocycles. The Morgan fingerprint density at radius 3 is 1.80 bits per heavy atom. The van der Waals surface area contributed by atoms with E-state index in [1.165, 1.54) is 4.90 Å². The number of hydrogen-bond acceptors (Lipinski definition) is 4. The van der Waals surface area contributed by atoms with E-state index >= 15 is 0 Å². The number of carbonyl (C=O) groups is 2. The molecule has 0 aromatic heterocycles. The first-order valence-corrected chi connectivity index (χ1v) is 16.3. The molecule has 1 atom stereocenters. The Bertz CT molecular complexity index is 1620. The Hall–Kier alpha value is -4.43. The molecule has 4 aromatic carbocycles. The van der Waals surface area contributed by atoms with Gasteiger partial charge in [0.25, 0.3) is 10.0 Å². The van der Waals surface area contributed by atoms with Crippen molar-refractivity contribution in [3.63, 3.8) is 0 Å². The quantitative estimate of drug-likeness (QED) is 0.204. The number of aryl methyl sites for hydroxylation is 2. The summed E-state index contributed by atoms with van der Waals surface area (Å²) < 4.78 is 29.3. The minimum absolute atomic E-state index is 0.0848. The highest BCUT2D eigenvalue weighted by atomic mass is 32.2. The second-order valence-corrected chi connectivity index (χ2v) is 13.4. The smallest absolute Gasteiger partial charge is 0.264 e. The number of benzene rings is 4. The molecule has 0 aliphatic heterocycles. The third-order valence-corrected chi connectivity index (χ3v) is 9.15. The second-order valence-electron chi connectivity index (χ2n) is 11.5. The fourth-order valence-corrected chi connectivity index (χ4v) is 6.25. The summed E-state index contributed by atoms with van der Waals surface area (Å²) in [6.07, 6.45) is 0.276. The van der Waals surface area contributed by atoms with Gasteiger partial charge in [-0.1, -0.05) is 110 Å². The van der Waals surface area contributed by atoms with Gasteiger partial charge in [0.15, 0.2) is 0 Å². The van der Waals surface area contributed by atoms with Crippen LogP contribution >= 0.6 is 0 Å². The highest BCUT2D eigenvalue weighted by Crippen LogP contribution is 2.26. The van der Waals surface area contributed by atoms with Crippen LogP contribution in [0.25, 0.3) is 0 Å². The number of sulfonamides is 1. The predicted molar refractivity (Wildman–Crippen MR) is 176 cm³/mol. The summed E-state index contributed by atoms with van der Waals surface area (Å²) in [6, 6.07) is 31.7. The Kier molecular flexibility index (Phi) is 11.0. The third-order valence-electron chi connectivity index (χ3n) is 7.36. The molecular weight excluding hydrogens is 570 g/mol. The lowest BCUT2D eigenvalue weighted by atomic mass is 10.0. The normalized spacial score (nSPS) is 12.0. The zero-order chi connectivity index (χ0) is 31.7. The minimum Gasteiger partial charge on any atom is -0.354 e. The van der Waals surface area contributed by atoms with Crippen LogP contribution in [0.4, 0.5) is 5.69 Å². The lowest BCUT2D eigenvalue weighted by molar-refractivity contribution is -0.140. The average Bonchev–Trinajstić information content (AvgIpc) is 3.02. The summed E-state index contributed by atoms with van der Waals surface area (Å²) >= 11 is 0. The summed E-state index contributed by atoms with van der Waals surface area (Å²) in [5, 5.41) is 3.01. The highest BCUT2D eigenvalue weighted by Gasteiger charge is 2.34. The molecule has 0 radical (unpaired) electrons. The zero-order valence-electron chi connectivity index (χ0n) is 25.8. The molecule has 0 spiro atoms. The van der Waals surface area contributed by atoms with E-state index in [0.717, 1.165) is 26.6 Å². The van der Waals surface area contributed by atoms with Gasteiger partial charge in [0, 0.05) is 19.5 Å². The molecular formula is C36H41N3O4S. The highest BCUT2D eigenvalue weighted by molar-refractivity contribution is 7.92. The first-order chi connectivity index (χ1) is 21.0. The monoisotopic (exact) mass is 611 g/mol. The van der Waals surface area contributed by atoms with E-state index in [-0.39, 0.29) is 29.7 Å². The van der Waals surface area contributed by atoms with Crippen molar-refractivity contribution in [2.75, 3.05) is 17.4 Å². The first kappa shape index (κ1) is 32.5. The Labute approximate surface area is 261 Å². The van der Waals surface area contributed by atoms with E-state index < -0.39 is 28.5 Å². The van der Waals surface area contributed by atoms with Crippen molar-refractivity contribution < 1.29 is 18.0 Å². The molecule has 0 heterocycles. The molecule has 0 fully saturated rings. The Morgan fingerprint density at radius 1 is 0.727 bits per heavy atom. The summed E-state index contributed by atoms with van der Waals surface area (Å²) in [5.74, 6) is -0.549. The summed E-state index contributed by atoms with van der Waals surface area (Å²) in [5.41, 5.74) is 3.98. The first-order valence-electron chi connectivity index (χ1n) is 14.9. The van der Waals surface area contributed by atoms with Crippen LogP contribution in [0.2, 0.25) is 0 Å². The molecule has 44 heavy (non-hydrogen) atoms. The SMILES string of the molecule is Cc1ccc(N(CC(=O)N(Cc2ccccc2)[C@@H](Cc2ccccc2)C(=O)NCC(C)C)S(=O)(=O)c2ccc(C)cc2)cc1. The van der Waals surface area contributed by atoms with E-state index in [1.807, 2.05) is 100 Å². The number of nitrogens with zero attached hydrogens (tertiary/aromatic N) is 2. The lowest BCUT2D eigenvalue weighted by Crippen LogP contribution is -2.53. The van der Waals surface area contributed by atoms with Crippen LogP contribution in [-0.4, -0.2) is 44.3 Å². The molecule has 0 unspecified atom stereocenters. The maximum Gasteiger partial charge on any atom is 0.264 e. The zero-order valence-corrected chi connectivity index (χ0v) is 26.6. The van der Waals surface area contributed by atoms with Crippen molar-refractivity contribution >= 4 is 27.5 Å². The van der Waals surface area contributed by atoms with E-state index in [9.17, 15) is 18.0 Å². The van der Waals surface area contributed by atoms with Gasteiger partial charge in [0.2, 0.25) is 11.8 Å². The summed E-state index contributed by atoms with van der Waals surface area (Å²) in [7, 11) is -4.13. The fourth-order valence-electron chi connectivity index (χ4n) is 4.83. The minimum atomic E-state index is -4.13. The van der Waals surface area contributed by atoms with Crippen molar-refractivity contribution in [1.29, 1.82) is 0 Å². The van der Waals surface area contributed by atoms with Crippen LogP contribution in [0.5, 0.6) is 0 Å². The van der Waals surface area contributed by atoms with E-state index in [0.29, 0.717) is 12.2 Å². The van der Waals surface area contributed by atoms with Crippen molar-refractivity contribution in [2.45, 2.75) is 51.6 Å². The van der Waals surface area contributed by atoms with Crippen LogP contribution in [-0.2, 0) is 32.6 Å². The van der Waals surface area contributed by atoms with Crippen molar-refractivity contribution in [1.82, 2.24) is 10.2 Å². The molecule has 2 amide bonds. The van der Waals surface area contributed by atoms with Crippen LogP contribution in [0, 0.1) is 19.8 Å². The van der Waals surface area contributed by atoms with Gasteiger partial charge < -0.3 is 10.2 Å². The number of nitrogens with one attached hydrogen (secondary N) is 1. The molecule has 0 bridgehead atoms. The molecule has 0 aliphatic carbocycles. The van der Waals surface area contributed by atoms with Crippen molar-refractivity contribution in [3.8, 4) is 0 Å². The molecule has 7 nitrogen and oxygen atoms in total. The third kappa shape index (κ3) is 8.57. The van der Waals surface area contributed by atoms with E-state index in [2.05, 4.69) is 5.32 Å². The van der Waals surface area contributed by atoms with E-state index in [1.54, 1.807) is 36.4 Å². The van der Waals surface area contributed by atoms with Crippen LogP contribution in [0.15, 0.2) is 114 Å². The van der Waals surface area contributed by atoms with Crippen LogP contribution in [0.1, 0.15) is 36.1 Å². The maximum absolute atomic E-state index is 14.4. The molecule has 4 aromatic rings. The van der Waals surface area contributed by atoms with Gasteiger partial charge in [-0.2, -0.15) is 0 Å². The van der Waals surface area contributed by atoms with Gasteiger partial charge in [0.1, 0.15) is 12.6 Å². The molecule has 0 saturated carbocycles. The van der Waals surface area contributed by atoms with Crippen LogP contribution < -0.4 is 9.62 Å². The molecule has 4 rings (SSSR count). The van der Waals surface area contributed by atoms with Crippen molar-refractivity contribution in [3.05, 3.63) is 131 Å². The predicted octanol–water partition coefficient (Wildman–Crippen LogP) is 5.91. The Morgan fingerprint density at radius 2 is 1.25 bits per heavy atom. The number of hydrogen-bond donors (Lipinski definition) is 1. The second kappa shape index (κ2) is 14.8. The summed E-state index contributed by atoms with van der Waals surface area (Å²) in [6.45, 7) is 7.93. The number of amides is 2. The Balaban J connectivity index is 1.78. The lowest BCUT2D eigenvalue weighted by Gasteiger charge is -2.34. The topological polar surface area (TPSA) is 86.8 Å². The van der Waals surface area contributed by atoms with E-state index in [4.69, 9.17) is 0 Å². The average molecular weight is 612 g/mol. The molecule has 1 N–H and O–H groups in total. The standard InChI is InChI=1S/C36H41N3O4S/c1-27(2)24-37-36(41)34(23-30-11-7-5-8-12-30)38(25-31-13-9-6-10-14-31)35(40)26-39(32-19-15-28(3)16-20-32)44(42,43)33-21-17-29(4)18-22-33/h5-22,27,34H,23-26H2,1-4H3,(H,37,41)/t34-/m0/s1. The largest absolute Gasteiger partial charge is 0.354 e. The molecule has 230 valence electrons. The number of carbonyl (C=O) groups excluding carboxylic acids is 2. The van der Waals surface area contributed by atoms with Gasteiger partial charge in [-0.3, -0.25) is 13.9 Å².